The van der Waals surface area contributed by atoms with E-state index in [-0.39, 0.29) is 40.9 Å². The van der Waals surface area contributed by atoms with Gasteiger partial charge in [0.05, 0.1) is 29.6 Å². The highest BCUT2D eigenvalue weighted by molar-refractivity contribution is 6.32. The van der Waals surface area contributed by atoms with Crippen molar-refractivity contribution in [2.75, 3.05) is 0 Å². The number of hydrogen-bond acceptors (Lipinski definition) is 11. The van der Waals surface area contributed by atoms with Crippen LogP contribution in [0.1, 0.15) is 104 Å². The van der Waals surface area contributed by atoms with Crippen molar-refractivity contribution in [3.05, 3.63) is 111 Å². The lowest BCUT2D eigenvalue weighted by molar-refractivity contribution is -0.141. The van der Waals surface area contributed by atoms with E-state index >= 15 is 0 Å². The first kappa shape index (κ1) is 47.5. The van der Waals surface area contributed by atoms with Gasteiger partial charge in [-0.1, -0.05) is 75.5 Å². The second-order valence-electron chi connectivity index (χ2n) is 15.2. The van der Waals surface area contributed by atoms with E-state index < -0.39 is 112 Å². The van der Waals surface area contributed by atoms with Crippen molar-refractivity contribution in [1.29, 1.82) is 0 Å². The van der Waals surface area contributed by atoms with Crippen molar-refractivity contribution in [3.8, 4) is 5.75 Å². The van der Waals surface area contributed by atoms with Crippen LogP contribution in [-0.4, -0.2) is 90.8 Å². The molecule has 14 nitrogen and oxygen atoms in total. The fourth-order valence-corrected chi connectivity index (χ4v) is 6.56. The summed E-state index contributed by atoms with van der Waals surface area (Å²) in [6, 6.07) is -0.555. The van der Waals surface area contributed by atoms with Gasteiger partial charge in [0.15, 0.2) is 17.3 Å². The molecule has 59 heavy (non-hydrogen) atoms. The lowest BCUT2D eigenvalue weighted by Gasteiger charge is -2.26. The topological polar surface area (TPSA) is 245 Å². The number of carboxylic acids is 1. The van der Waals surface area contributed by atoms with Gasteiger partial charge in [-0.2, -0.15) is 0 Å². The third-order valence-electron chi connectivity index (χ3n) is 10.3. The Labute approximate surface area is 343 Å². The number of Topliss-reactive ketones (excluding diaryl/α,β-unsaturated/α-hetero) is 4. The second-order valence-corrected chi connectivity index (χ2v) is 15.2. The van der Waals surface area contributed by atoms with Crippen LogP contribution in [0.3, 0.4) is 0 Å². The third-order valence-corrected chi connectivity index (χ3v) is 10.3. The zero-order valence-corrected chi connectivity index (χ0v) is 34.5. The van der Waals surface area contributed by atoms with Crippen LogP contribution in [-0.2, 0) is 19.2 Å². The molecule has 14 heteroatoms. The molecule has 1 aromatic carbocycles. The summed E-state index contributed by atoms with van der Waals surface area (Å²) in [4.78, 5) is 93.4. The second kappa shape index (κ2) is 20.7. The molecular formula is C45H54N2O12. The number of aliphatic carboxylic acids is 1. The van der Waals surface area contributed by atoms with Gasteiger partial charge < -0.3 is 36.2 Å². The highest BCUT2D eigenvalue weighted by atomic mass is 16.4. The Kier molecular flexibility index (Phi) is 16.7. The van der Waals surface area contributed by atoms with E-state index in [1.165, 1.54) is 51.1 Å². The summed E-state index contributed by atoms with van der Waals surface area (Å²) < 4.78 is 0. The van der Waals surface area contributed by atoms with Gasteiger partial charge in [-0.3, -0.25) is 28.8 Å². The van der Waals surface area contributed by atoms with Gasteiger partial charge in [0.2, 0.25) is 11.7 Å². The number of ketones is 4. The number of hydrogen-bond donors (Lipinski definition) is 7. The Morgan fingerprint density at radius 3 is 2.10 bits per heavy atom. The number of carbonyl (C=O) groups is 7. The molecule has 0 saturated heterocycles. The van der Waals surface area contributed by atoms with Crippen LogP contribution in [0.4, 0.5) is 0 Å². The molecule has 4 bridgehead atoms. The number of carbonyl (C=O) groups excluding carboxylic acids is 6. The third kappa shape index (κ3) is 12.1. The Morgan fingerprint density at radius 1 is 0.814 bits per heavy atom. The van der Waals surface area contributed by atoms with Crippen LogP contribution in [0.2, 0.25) is 0 Å². The standard InChI is InChI=1S/C45H54N2O12/c1-22-12-10-9-11-13-25(4)44(57)47-38-32(20-33(45(58)59)46-29(8)48)42(55)36-31(43(38)56)19-28(7)41(54)37(36)40(53)27(6)18-26(5)39(52)24(3)15-17-30(49)16-14-23(2)35(51)21-34(22)50/h9-15,17-19,22,24,26,30,33-34,39,49-50,52,54H,16,20-21H2,1-8H3,(H,46,48)(H,47,57)(H,58,59)/b11-9-,12-10+,17-15+,23-14+,25-13-,27-18+/t22-,24-,26-,30-,33-,34-,39-/m0/s1. The minimum absolute atomic E-state index is 0.0141. The van der Waals surface area contributed by atoms with E-state index in [1.54, 1.807) is 58.1 Å². The van der Waals surface area contributed by atoms with E-state index in [2.05, 4.69) is 10.6 Å². The molecule has 0 fully saturated rings. The molecule has 316 valence electrons. The molecule has 7 N–H and O–H groups in total. The minimum Gasteiger partial charge on any atom is -0.507 e. The van der Waals surface area contributed by atoms with Gasteiger partial charge in [-0.15, -0.1) is 0 Å². The van der Waals surface area contributed by atoms with Crippen molar-refractivity contribution in [2.24, 2.45) is 17.8 Å². The van der Waals surface area contributed by atoms with Crippen molar-refractivity contribution in [1.82, 2.24) is 10.6 Å². The average Bonchev–Trinajstić information content (AvgIpc) is 3.17. The maximum absolute atomic E-state index is 14.5. The van der Waals surface area contributed by atoms with Gasteiger partial charge in [-0.25, -0.2) is 4.79 Å². The first-order valence-corrected chi connectivity index (χ1v) is 19.2. The number of carboxylic acid groups (broad SMARTS) is 1. The quantitative estimate of drug-likeness (QED) is 0.208. The molecule has 3 aliphatic rings. The SMILES string of the molecule is CC(=O)N[C@@H](CC1=C2NC(=O)\C(C)=C/C=C\C=C\[C@H](C)[C@@H](O)CC(=O)/C(C)=C/C[C@H](O)/C=C/[C@H](C)[C@H](O)[C@@H](C)/C=C(\C)C(=O)c3c(O)c(C)cc(c3C1=O)C2=O)C(=O)O. The molecule has 1 aromatic rings. The van der Waals surface area contributed by atoms with Crippen molar-refractivity contribution in [3.63, 3.8) is 0 Å². The Balaban J connectivity index is 2.24. The van der Waals surface area contributed by atoms with Gasteiger partial charge in [0, 0.05) is 59.8 Å². The van der Waals surface area contributed by atoms with Crippen LogP contribution in [0.5, 0.6) is 5.75 Å². The molecule has 1 aliphatic carbocycles. The summed E-state index contributed by atoms with van der Waals surface area (Å²) in [5, 5.41) is 58.3. The lowest BCUT2D eigenvalue weighted by atomic mass is 9.79. The minimum atomic E-state index is -1.74. The van der Waals surface area contributed by atoms with Crippen LogP contribution >= 0.6 is 0 Å². The maximum atomic E-state index is 14.5. The number of phenolic OH excluding ortho intramolecular Hbond substituents is 1. The van der Waals surface area contributed by atoms with Gasteiger partial charge >= 0.3 is 5.97 Å². The monoisotopic (exact) mass is 814 g/mol. The zero-order chi connectivity index (χ0) is 44.5. The van der Waals surface area contributed by atoms with Crippen molar-refractivity contribution >= 4 is 40.9 Å². The molecule has 2 aliphatic heterocycles. The van der Waals surface area contributed by atoms with Crippen LogP contribution < -0.4 is 10.6 Å². The molecular weight excluding hydrogens is 760 g/mol. The first-order valence-electron chi connectivity index (χ1n) is 19.2. The van der Waals surface area contributed by atoms with Crippen LogP contribution in [0, 0.1) is 24.7 Å². The van der Waals surface area contributed by atoms with E-state index in [4.69, 9.17) is 0 Å². The van der Waals surface area contributed by atoms with Gasteiger partial charge in [-0.05, 0) is 56.9 Å². The molecule has 0 radical (unpaired) electrons. The highest BCUT2D eigenvalue weighted by Crippen LogP contribution is 2.38. The van der Waals surface area contributed by atoms with E-state index in [0.29, 0.717) is 5.57 Å². The molecule has 0 aromatic heterocycles. The lowest BCUT2D eigenvalue weighted by Crippen LogP contribution is -2.43. The van der Waals surface area contributed by atoms with Crippen LogP contribution in [0.25, 0.3) is 0 Å². The molecule has 0 saturated carbocycles. The summed E-state index contributed by atoms with van der Waals surface area (Å²) in [5.41, 5.74) is -2.06. The Bertz CT molecular complexity index is 2110. The number of phenols is 1. The van der Waals surface area contributed by atoms with Gasteiger partial charge in [0.1, 0.15) is 11.8 Å². The summed E-state index contributed by atoms with van der Waals surface area (Å²) in [7, 11) is 0. The number of aryl methyl sites for hydroxylation is 1. The fraction of sp³-hybridized carbons (Fsp3) is 0.400. The van der Waals surface area contributed by atoms with Crippen LogP contribution in [0.15, 0.2) is 88.7 Å². The Hall–Kier alpha value is -5.83. The normalized spacial score (nSPS) is 29.3. The molecule has 2 amide bonds. The van der Waals surface area contributed by atoms with E-state index in [1.807, 2.05) is 0 Å². The predicted octanol–water partition coefficient (Wildman–Crippen LogP) is 4.47. The number of benzene rings is 1. The molecule has 7 atom stereocenters. The summed E-state index contributed by atoms with van der Waals surface area (Å²) in [6.45, 7) is 11.9. The number of aromatic hydroxyl groups is 1. The fourth-order valence-electron chi connectivity index (χ4n) is 6.56. The summed E-state index contributed by atoms with van der Waals surface area (Å²) in [5.74, 6) is -8.63. The molecule has 0 spiro atoms. The van der Waals surface area contributed by atoms with E-state index in [0.717, 1.165) is 6.92 Å². The number of aliphatic hydroxyl groups excluding tert-OH is 3. The van der Waals surface area contributed by atoms with Crippen molar-refractivity contribution in [2.45, 2.75) is 99.0 Å². The molecule has 2 heterocycles. The maximum Gasteiger partial charge on any atom is 0.326 e. The number of fused-ring (bicyclic) bond motifs is 18. The predicted molar refractivity (Wildman–Crippen MR) is 219 cm³/mol. The molecule has 0 unspecified atom stereocenters. The highest BCUT2D eigenvalue weighted by Gasteiger charge is 2.40. The largest absolute Gasteiger partial charge is 0.507 e. The summed E-state index contributed by atoms with van der Waals surface area (Å²) in [6.07, 6.45) is 9.80. The number of allylic oxidation sites excluding steroid dienone is 7. The smallest absolute Gasteiger partial charge is 0.326 e. The molecule has 4 rings (SSSR count). The number of rotatable bonds is 4. The summed E-state index contributed by atoms with van der Waals surface area (Å²) >= 11 is 0. The van der Waals surface area contributed by atoms with Gasteiger partial charge in [0.25, 0.3) is 5.91 Å². The van der Waals surface area contributed by atoms with Crippen molar-refractivity contribution < 1.29 is 59.1 Å². The zero-order valence-electron chi connectivity index (χ0n) is 34.5. The van der Waals surface area contributed by atoms with E-state index in [9.17, 15) is 59.1 Å². The number of amides is 2. The number of aliphatic hydroxyl groups is 3. The first-order chi connectivity index (χ1) is 27.6. The number of nitrogens with one attached hydrogen (secondary N) is 2. The average molecular weight is 815 g/mol. The Morgan fingerprint density at radius 2 is 1.47 bits per heavy atom.